The zero-order valence-electron chi connectivity index (χ0n) is 7.51. The van der Waals surface area contributed by atoms with E-state index >= 15 is 0 Å². The number of ether oxygens (including phenoxy) is 1. The van der Waals surface area contributed by atoms with Gasteiger partial charge < -0.3 is 4.74 Å². The van der Waals surface area contributed by atoms with E-state index < -0.39 is 6.61 Å². The lowest BCUT2D eigenvalue weighted by molar-refractivity contribution is -0.0504. The van der Waals surface area contributed by atoms with E-state index in [2.05, 4.69) is 20.7 Å². The second kappa shape index (κ2) is 5.10. The first-order chi connectivity index (χ1) is 6.65. The molecule has 1 rings (SSSR count). The fourth-order valence-corrected chi connectivity index (χ4v) is 1.41. The number of rotatable bonds is 3. The second-order valence-corrected chi connectivity index (χ2v) is 3.19. The summed E-state index contributed by atoms with van der Waals surface area (Å²) in [6.07, 6.45) is 1.66. The number of benzene rings is 1. The Morgan fingerprint density at radius 1 is 1.43 bits per heavy atom. The van der Waals surface area contributed by atoms with Crippen molar-refractivity contribution in [2.75, 3.05) is 0 Å². The fourth-order valence-electron chi connectivity index (χ4n) is 1.12. The Bertz CT molecular complexity index is 337. The molecule has 0 aromatic heterocycles. The van der Waals surface area contributed by atoms with E-state index in [0.717, 1.165) is 0 Å². The van der Waals surface area contributed by atoms with Crippen LogP contribution >= 0.6 is 15.9 Å². The Morgan fingerprint density at radius 3 is 2.71 bits per heavy atom. The monoisotopic (exact) mass is 262 g/mol. The molecule has 0 fully saturated rings. The predicted octanol–water partition coefficient (Wildman–Crippen LogP) is 3.96. The molecular formula is C10H9BrF2O. The second-order valence-electron chi connectivity index (χ2n) is 2.66. The van der Waals surface area contributed by atoms with Gasteiger partial charge in [0.1, 0.15) is 5.75 Å². The molecule has 1 nitrogen and oxygen atoms in total. The van der Waals surface area contributed by atoms with Crippen molar-refractivity contribution in [3.05, 3.63) is 34.3 Å². The molecule has 0 spiro atoms. The van der Waals surface area contributed by atoms with Crippen molar-refractivity contribution in [3.8, 4) is 5.75 Å². The molecule has 0 aliphatic heterocycles. The largest absolute Gasteiger partial charge is 0.434 e. The Kier molecular flexibility index (Phi) is 4.07. The van der Waals surface area contributed by atoms with Gasteiger partial charge in [-0.2, -0.15) is 8.78 Å². The van der Waals surface area contributed by atoms with E-state index in [-0.39, 0.29) is 5.75 Å². The highest BCUT2D eigenvalue weighted by atomic mass is 79.9. The lowest BCUT2D eigenvalue weighted by Crippen LogP contribution is -2.04. The summed E-state index contributed by atoms with van der Waals surface area (Å²) >= 11 is 3.09. The molecule has 76 valence electrons. The maximum absolute atomic E-state index is 12.1. The van der Waals surface area contributed by atoms with Gasteiger partial charge in [-0.3, -0.25) is 0 Å². The molecular weight excluding hydrogens is 254 g/mol. The quantitative estimate of drug-likeness (QED) is 0.801. The molecule has 1 aromatic rings. The van der Waals surface area contributed by atoms with Gasteiger partial charge in [0, 0.05) is 5.56 Å². The van der Waals surface area contributed by atoms with Gasteiger partial charge in [-0.1, -0.05) is 34.1 Å². The van der Waals surface area contributed by atoms with Gasteiger partial charge in [-0.25, -0.2) is 0 Å². The third-order valence-electron chi connectivity index (χ3n) is 1.69. The van der Waals surface area contributed by atoms with Gasteiger partial charge in [0.25, 0.3) is 0 Å². The highest BCUT2D eigenvalue weighted by molar-refractivity contribution is 9.11. The lowest BCUT2D eigenvalue weighted by Gasteiger charge is -2.10. The minimum Gasteiger partial charge on any atom is -0.434 e. The van der Waals surface area contributed by atoms with Crippen LogP contribution in [0.5, 0.6) is 5.75 Å². The number of para-hydroxylation sites is 1. The van der Waals surface area contributed by atoms with Crippen molar-refractivity contribution >= 4 is 22.0 Å². The van der Waals surface area contributed by atoms with E-state index in [0.29, 0.717) is 11.1 Å². The van der Waals surface area contributed by atoms with Crippen LogP contribution in [0.15, 0.2) is 23.2 Å². The minimum absolute atomic E-state index is 0.221. The molecule has 0 aliphatic carbocycles. The molecule has 0 unspecified atom stereocenters. The summed E-state index contributed by atoms with van der Waals surface area (Å²) in [5.74, 6) is 0.221. The number of aryl methyl sites for hydroxylation is 1. The van der Waals surface area contributed by atoms with Gasteiger partial charge in [0.05, 0.1) is 0 Å². The van der Waals surface area contributed by atoms with Crippen LogP contribution in [0.1, 0.15) is 11.1 Å². The summed E-state index contributed by atoms with van der Waals surface area (Å²) in [7, 11) is 0. The van der Waals surface area contributed by atoms with Crippen LogP contribution in [-0.2, 0) is 0 Å². The van der Waals surface area contributed by atoms with E-state index in [1.807, 2.05) is 0 Å². The average Bonchev–Trinajstić information content (AvgIpc) is 2.11. The maximum Gasteiger partial charge on any atom is 0.387 e. The SMILES string of the molecule is Cc1cccc(/C=C/Br)c1OC(F)F. The lowest BCUT2D eigenvalue weighted by atomic mass is 10.1. The summed E-state index contributed by atoms with van der Waals surface area (Å²) < 4.78 is 28.5. The van der Waals surface area contributed by atoms with Crippen molar-refractivity contribution in [2.45, 2.75) is 13.5 Å². The molecule has 0 saturated heterocycles. The summed E-state index contributed by atoms with van der Waals surface area (Å²) in [6.45, 7) is -1.07. The molecule has 0 aliphatic rings. The van der Waals surface area contributed by atoms with Crippen LogP contribution in [-0.4, -0.2) is 6.61 Å². The predicted molar refractivity (Wildman–Crippen MR) is 55.8 cm³/mol. The molecule has 0 N–H and O–H groups in total. The third kappa shape index (κ3) is 2.80. The van der Waals surface area contributed by atoms with Crippen LogP contribution in [0.3, 0.4) is 0 Å². The Labute approximate surface area is 89.5 Å². The first-order valence-corrected chi connectivity index (χ1v) is 4.88. The summed E-state index contributed by atoms with van der Waals surface area (Å²) in [5.41, 5.74) is 1.32. The molecule has 0 bridgehead atoms. The topological polar surface area (TPSA) is 9.23 Å². The Hall–Kier alpha value is -0.900. The van der Waals surface area contributed by atoms with Crippen molar-refractivity contribution in [2.24, 2.45) is 0 Å². The van der Waals surface area contributed by atoms with Crippen LogP contribution in [0, 0.1) is 6.92 Å². The maximum atomic E-state index is 12.1. The summed E-state index contributed by atoms with van der Waals surface area (Å²) in [6, 6.07) is 5.22. The highest BCUT2D eigenvalue weighted by Gasteiger charge is 2.09. The number of alkyl halides is 2. The fraction of sp³-hybridized carbons (Fsp3) is 0.200. The van der Waals surface area contributed by atoms with Crippen molar-refractivity contribution in [3.63, 3.8) is 0 Å². The van der Waals surface area contributed by atoms with Gasteiger partial charge in [-0.05, 0) is 23.5 Å². The van der Waals surface area contributed by atoms with Gasteiger partial charge in [0.15, 0.2) is 0 Å². The molecule has 14 heavy (non-hydrogen) atoms. The first-order valence-electron chi connectivity index (χ1n) is 3.96. The first kappa shape index (κ1) is 11.2. The van der Waals surface area contributed by atoms with Crippen LogP contribution in [0.2, 0.25) is 0 Å². The van der Waals surface area contributed by atoms with Crippen LogP contribution in [0.4, 0.5) is 8.78 Å². The zero-order chi connectivity index (χ0) is 10.6. The molecule has 0 atom stereocenters. The van der Waals surface area contributed by atoms with E-state index in [1.54, 1.807) is 36.2 Å². The van der Waals surface area contributed by atoms with Crippen molar-refractivity contribution in [1.29, 1.82) is 0 Å². The van der Waals surface area contributed by atoms with Crippen molar-refractivity contribution in [1.82, 2.24) is 0 Å². The molecule has 0 heterocycles. The highest BCUT2D eigenvalue weighted by Crippen LogP contribution is 2.26. The third-order valence-corrected chi connectivity index (χ3v) is 1.96. The van der Waals surface area contributed by atoms with E-state index in [9.17, 15) is 8.78 Å². The van der Waals surface area contributed by atoms with E-state index in [4.69, 9.17) is 0 Å². The van der Waals surface area contributed by atoms with Crippen LogP contribution < -0.4 is 4.74 Å². The molecule has 4 heteroatoms. The van der Waals surface area contributed by atoms with Gasteiger partial charge >= 0.3 is 6.61 Å². The molecule has 0 saturated carbocycles. The summed E-state index contributed by atoms with van der Waals surface area (Å²) in [5, 5.41) is 0. The van der Waals surface area contributed by atoms with E-state index in [1.165, 1.54) is 0 Å². The average molecular weight is 263 g/mol. The number of hydrogen-bond acceptors (Lipinski definition) is 1. The molecule has 1 aromatic carbocycles. The van der Waals surface area contributed by atoms with Crippen molar-refractivity contribution < 1.29 is 13.5 Å². The number of halogens is 3. The minimum atomic E-state index is -2.79. The molecule has 0 amide bonds. The Morgan fingerprint density at radius 2 is 2.14 bits per heavy atom. The summed E-state index contributed by atoms with van der Waals surface area (Å²) in [4.78, 5) is 1.60. The Balaban J connectivity index is 3.08. The smallest absolute Gasteiger partial charge is 0.387 e. The zero-order valence-corrected chi connectivity index (χ0v) is 9.09. The standard InChI is InChI=1S/C10H9BrF2O/c1-7-3-2-4-8(5-6-11)9(7)14-10(12)13/h2-6,10H,1H3/b6-5+. The van der Waals surface area contributed by atoms with Gasteiger partial charge in [0.2, 0.25) is 0 Å². The molecule has 0 radical (unpaired) electrons. The van der Waals surface area contributed by atoms with Gasteiger partial charge in [-0.15, -0.1) is 0 Å². The number of hydrogen-bond donors (Lipinski definition) is 0. The normalized spacial score (nSPS) is 11.2. The van der Waals surface area contributed by atoms with Crippen LogP contribution in [0.25, 0.3) is 6.08 Å².